The van der Waals surface area contributed by atoms with Gasteiger partial charge in [0.05, 0.1) is 16.2 Å². The van der Waals surface area contributed by atoms with Crippen molar-refractivity contribution >= 4 is 34.7 Å². The standard InChI is InChI=1S/C21H25ClN4O4/c1-5-11-30-25-14(2)15-7-6-8-16(12-15)21(3,4)24-20(27)23-17-9-10-18(22)19(13-17)26(28)29/h6-10,12-13H,5,11H2,1-4H3,(H2,23,24,27)/b25-14+. The summed E-state index contributed by atoms with van der Waals surface area (Å²) < 4.78 is 0. The van der Waals surface area contributed by atoms with E-state index in [2.05, 4.69) is 15.8 Å². The van der Waals surface area contributed by atoms with Gasteiger partial charge in [-0.15, -0.1) is 0 Å². The molecule has 2 aromatic carbocycles. The van der Waals surface area contributed by atoms with Crippen molar-refractivity contribution in [2.45, 2.75) is 39.7 Å². The van der Waals surface area contributed by atoms with Crippen molar-refractivity contribution in [1.29, 1.82) is 0 Å². The zero-order chi connectivity index (χ0) is 22.3. The van der Waals surface area contributed by atoms with E-state index in [9.17, 15) is 14.9 Å². The fraction of sp³-hybridized carbons (Fsp3) is 0.333. The summed E-state index contributed by atoms with van der Waals surface area (Å²) in [7, 11) is 0. The van der Waals surface area contributed by atoms with Crippen LogP contribution < -0.4 is 10.6 Å². The van der Waals surface area contributed by atoms with Gasteiger partial charge >= 0.3 is 6.03 Å². The summed E-state index contributed by atoms with van der Waals surface area (Å²) in [5.41, 5.74) is 1.75. The third-order valence-corrected chi connectivity index (χ3v) is 4.65. The Kier molecular flexibility index (Phi) is 7.77. The molecule has 2 rings (SSSR count). The topological polar surface area (TPSA) is 106 Å². The van der Waals surface area contributed by atoms with Crippen LogP contribution in [-0.4, -0.2) is 23.3 Å². The molecule has 0 atom stereocenters. The first-order chi connectivity index (χ1) is 14.1. The number of nitro benzene ring substituents is 1. The normalized spacial score (nSPS) is 11.7. The maximum absolute atomic E-state index is 12.5. The van der Waals surface area contributed by atoms with Gasteiger partial charge < -0.3 is 15.5 Å². The third kappa shape index (κ3) is 6.18. The van der Waals surface area contributed by atoms with Crippen LogP contribution in [0.5, 0.6) is 0 Å². The number of carbonyl (C=O) groups excluding carboxylic acids is 1. The smallest absolute Gasteiger partial charge is 0.319 e. The molecule has 0 heterocycles. The number of carbonyl (C=O) groups is 1. The summed E-state index contributed by atoms with van der Waals surface area (Å²) in [6.07, 6.45) is 0.875. The predicted octanol–water partition coefficient (Wildman–Crippen LogP) is 5.46. The van der Waals surface area contributed by atoms with Gasteiger partial charge in [0.25, 0.3) is 5.69 Å². The average molecular weight is 433 g/mol. The second-order valence-corrected chi connectivity index (χ2v) is 7.63. The van der Waals surface area contributed by atoms with Gasteiger partial charge in [-0.25, -0.2) is 4.79 Å². The number of hydrogen-bond donors (Lipinski definition) is 2. The molecule has 0 saturated carbocycles. The lowest BCUT2D eigenvalue weighted by molar-refractivity contribution is -0.384. The Bertz CT molecular complexity index is 960. The Morgan fingerprint density at radius 1 is 1.27 bits per heavy atom. The average Bonchev–Trinajstić information content (AvgIpc) is 2.69. The molecular formula is C21H25ClN4O4. The van der Waals surface area contributed by atoms with Crippen molar-refractivity contribution < 1.29 is 14.6 Å². The highest BCUT2D eigenvalue weighted by atomic mass is 35.5. The maximum Gasteiger partial charge on any atom is 0.319 e. The fourth-order valence-corrected chi connectivity index (χ4v) is 2.85. The van der Waals surface area contributed by atoms with E-state index in [-0.39, 0.29) is 16.4 Å². The van der Waals surface area contributed by atoms with Gasteiger partial charge in [0.1, 0.15) is 11.6 Å². The molecule has 0 aliphatic carbocycles. The molecule has 0 bridgehead atoms. The Labute approximate surface area is 180 Å². The predicted molar refractivity (Wildman–Crippen MR) is 118 cm³/mol. The number of nitrogens with one attached hydrogen (secondary N) is 2. The Morgan fingerprint density at radius 2 is 2.00 bits per heavy atom. The first-order valence-electron chi connectivity index (χ1n) is 9.44. The molecule has 9 heteroatoms. The van der Waals surface area contributed by atoms with E-state index >= 15 is 0 Å². The molecular weight excluding hydrogens is 408 g/mol. The number of hydrogen-bond acceptors (Lipinski definition) is 5. The molecule has 0 aliphatic heterocycles. The lowest BCUT2D eigenvalue weighted by Crippen LogP contribution is -2.43. The van der Waals surface area contributed by atoms with Crippen LogP contribution in [-0.2, 0) is 10.4 Å². The highest BCUT2D eigenvalue weighted by Gasteiger charge is 2.24. The van der Waals surface area contributed by atoms with Gasteiger partial charge in [0.15, 0.2) is 0 Å². The molecule has 0 radical (unpaired) electrons. The quantitative estimate of drug-likeness (QED) is 0.250. The number of nitrogens with zero attached hydrogens (tertiary/aromatic N) is 2. The van der Waals surface area contributed by atoms with E-state index in [1.807, 2.05) is 52.0 Å². The molecule has 8 nitrogen and oxygen atoms in total. The summed E-state index contributed by atoms with van der Waals surface area (Å²) >= 11 is 5.81. The molecule has 0 saturated heterocycles. The van der Waals surface area contributed by atoms with Crippen LogP contribution in [0.3, 0.4) is 0 Å². The molecule has 0 aromatic heterocycles. The molecule has 2 amide bonds. The zero-order valence-electron chi connectivity index (χ0n) is 17.4. The van der Waals surface area contributed by atoms with Crippen LogP contribution in [0.2, 0.25) is 5.02 Å². The summed E-state index contributed by atoms with van der Waals surface area (Å²) in [6, 6.07) is 11.2. The summed E-state index contributed by atoms with van der Waals surface area (Å²) in [6.45, 7) is 8.13. The van der Waals surface area contributed by atoms with Gasteiger partial charge in [0.2, 0.25) is 0 Å². The summed E-state index contributed by atoms with van der Waals surface area (Å²) in [5.74, 6) is 0. The number of amides is 2. The molecule has 2 aromatic rings. The van der Waals surface area contributed by atoms with Crippen molar-refractivity contribution in [1.82, 2.24) is 5.32 Å². The third-order valence-electron chi connectivity index (χ3n) is 4.33. The molecule has 2 N–H and O–H groups in total. The molecule has 160 valence electrons. The number of nitro groups is 1. The minimum Gasteiger partial charge on any atom is -0.396 e. The van der Waals surface area contributed by atoms with Gasteiger partial charge in [-0.05, 0) is 56.5 Å². The van der Waals surface area contributed by atoms with Crippen LogP contribution in [0, 0.1) is 10.1 Å². The highest BCUT2D eigenvalue weighted by molar-refractivity contribution is 6.32. The number of benzene rings is 2. The van der Waals surface area contributed by atoms with Crippen molar-refractivity contribution in [3.63, 3.8) is 0 Å². The van der Waals surface area contributed by atoms with Crippen molar-refractivity contribution in [2.24, 2.45) is 5.16 Å². The molecule has 0 aliphatic rings. The van der Waals surface area contributed by atoms with E-state index in [4.69, 9.17) is 16.4 Å². The van der Waals surface area contributed by atoms with Crippen molar-refractivity contribution in [3.8, 4) is 0 Å². The molecule has 30 heavy (non-hydrogen) atoms. The minimum absolute atomic E-state index is 0.00283. The second-order valence-electron chi connectivity index (χ2n) is 7.22. The van der Waals surface area contributed by atoms with Gasteiger partial charge in [-0.2, -0.15) is 0 Å². The van der Waals surface area contributed by atoms with Gasteiger partial charge in [-0.3, -0.25) is 10.1 Å². The van der Waals surface area contributed by atoms with E-state index in [1.54, 1.807) is 0 Å². The van der Waals surface area contributed by atoms with Gasteiger partial charge in [-0.1, -0.05) is 41.9 Å². The van der Waals surface area contributed by atoms with Crippen LogP contribution in [0.25, 0.3) is 0 Å². The zero-order valence-corrected chi connectivity index (χ0v) is 18.1. The minimum atomic E-state index is -0.719. The molecule has 0 spiro atoms. The summed E-state index contributed by atoms with van der Waals surface area (Å²) in [5, 5.41) is 20.6. The first kappa shape index (κ1) is 23.2. The maximum atomic E-state index is 12.5. The monoisotopic (exact) mass is 432 g/mol. The summed E-state index contributed by atoms with van der Waals surface area (Å²) in [4.78, 5) is 28.1. The number of anilines is 1. The van der Waals surface area contributed by atoms with E-state index in [0.717, 1.165) is 23.3 Å². The van der Waals surface area contributed by atoms with Gasteiger partial charge in [0, 0.05) is 11.8 Å². The van der Waals surface area contributed by atoms with E-state index in [0.29, 0.717) is 6.61 Å². The Balaban J connectivity index is 2.13. The van der Waals surface area contributed by atoms with Crippen LogP contribution in [0.15, 0.2) is 47.6 Å². The Morgan fingerprint density at radius 3 is 2.67 bits per heavy atom. The van der Waals surface area contributed by atoms with Crippen LogP contribution in [0.1, 0.15) is 45.2 Å². The molecule has 0 fully saturated rings. The van der Waals surface area contributed by atoms with Crippen LogP contribution >= 0.6 is 11.6 Å². The first-order valence-corrected chi connectivity index (χ1v) is 9.82. The van der Waals surface area contributed by atoms with E-state index in [1.165, 1.54) is 18.2 Å². The number of oxime groups is 1. The molecule has 0 unspecified atom stereocenters. The van der Waals surface area contributed by atoms with E-state index < -0.39 is 16.5 Å². The number of urea groups is 1. The highest BCUT2D eigenvalue weighted by Crippen LogP contribution is 2.28. The lowest BCUT2D eigenvalue weighted by Gasteiger charge is -2.27. The van der Waals surface area contributed by atoms with Crippen molar-refractivity contribution in [2.75, 3.05) is 11.9 Å². The largest absolute Gasteiger partial charge is 0.396 e. The Hall–Kier alpha value is -3.13. The number of halogens is 1. The van der Waals surface area contributed by atoms with Crippen molar-refractivity contribution in [3.05, 3.63) is 68.7 Å². The number of rotatable bonds is 8. The second kappa shape index (κ2) is 10.1. The lowest BCUT2D eigenvalue weighted by atomic mass is 9.92. The fourth-order valence-electron chi connectivity index (χ4n) is 2.67. The SMILES string of the molecule is CCCO/N=C(\C)c1cccc(C(C)(C)NC(=O)Nc2ccc(Cl)c([N+](=O)[O-])c2)c1. The van der Waals surface area contributed by atoms with Crippen LogP contribution in [0.4, 0.5) is 16.2 Å².